The van der Waals surface area contributed by atoms with Gasteiger partial charge >= 0.3 is 0 Å². The summed E-state index contributed by atoms with van der Waals surface area (Å²) in [6.07, 6.45) is 0.866. The zero-order valence-corrected chi connectivity index (χ0v) is 13.9. The third-order valence-corrected chi connectivity index (χ3v) is 3.55. The maximum absolute atomic E-state index is 12.3. The van der Waals surface area contributed by atoms with Crippen LogP contribution in [0.25, 0.3) is 0 Å². The quantitative estimate of drug-likeness (QED) is 0.702. The zero-order valence-electron chi connectivity index (χ0n) is 13.2. The minimum atomic E-state index is -0.166. The van der Waals surface area contributed by atoms with E-state index in [4.69, 9.17) is 22.1 Å². The van der Waals surface area contributed by atoms with Crippen molar-refractivity contribution in [2.24, 2.45) is 0 Å². The van der Waals surface area contributed by atoms with Gasteiger partial charge in [0.25, 0.3) is 5.91 Å². The summed E-state index contributed by atoms with van der Waals surface area (Å²) in [5.74, 6) is 0.427. The number of nitrogens with two attached hydrogens (primary N) is 1. The first kappa shape index (κ1) is 17.0. The summed E-state index contributed by atoms with van der Waals surface area (Å²) < 4.78 is 5.13. The van der Waals surface area contributed by atoms with Crippen LogP contribution in [0.1, 0.15) is 23.7 Å². The van der Waals surface area contributed by atoms with E-state index in [9.17, 15) is 4.79 Å². The van der Waals surface area contributed by atoms with Gasteiger partial charge in [0.2, 0.25) is 0 Å². The number of nitrogens with one attached hydrogen (secondary N) is 2. The van der Waals surface area contributed by atoms with Crippen LogP contribution in [0.5, 0.6) is 5.75 Å². The van der Waals surface area contributed by atoms with E-state index in [2.05, 4.69) is 10.6 Å². The third-order valence-electron chi connectivity index (χ3n) is 3.25. The normalized spacial score (nSPS) is 10.2. The van der Waals surface area contributed by atoms with E-state index >= 15 is 0 Å². The molecule has 0 radical (unpaired) electrons. The molecule has 2 aromatic carbocycles. The van der Waals surface area contributed by atoms with Gasteiger partial charge in [0.05, 0.1) is 23.4 Å². The second-order valence-electron chi connectivity index (χ2n) is 5.04. The van der Waals surface area contributed by atoms with Gasteiger partial charge in [-0.15, -0.1) is 0 Å². The van der Waals surface area contributed by atoms with Crippen molar-refractivity contribution in [3.05, 3.63) is 47.0 Å². The van der Waals surface area contributed by atoms with Crippen LogP contribution in [0.3, 0.4) is 0 Å². The van der Waals surface area contributed by atoms with Gasteiger partial charge in [-0.1, -0.05) is 18.5 Å². The van der Waals surface area contributed by atoms with Gasteiger partial charge in [-0.25, -0.2) is 0 Å². The van der Waals surface area contributed by atoms with Gasteiger partial charge in [0.15, 0.2) is 0 Å². The highest BCUT2D eigenvalue weighted by molar-refractivity contribution is 6.32. The molecule has 122 valence electrons. The summed E-state index contributed by atoms with van der Waals surface area (Å²) in [5.41, 5.74) is 8.24. The van der Waals surface area contributed by atoms with Crippen LogP contribution in [-0.2, 0) is 0 Å². The second-order valence-corrected chi connectivity index (χ2v) is 5.44. The van der Waals surface area contributed by atoms with Crippen molar-refractivity contribution < 1.29 is 9.53 Å². The van der Waals surface area contributed by atoms with Gasteiger partial charge in [-0.05, 0) is 42.8 Å². The smallest absolute Gasteiger partial charge is 0.253 e. The Labute approximate surface area is 140 Å². The molecule has 5 nitrogen and oxygen atoms in total. The molecule has 1 amide bonds. The molecule has 0 aliphatic carbocycles. The predicted molar refractivity (Wildman–Crippen MR) is 94.8 cm³/mol. The number of rotatable bonds is 6. The Morgan fingerprint density at radius 2 is 2.04 bits per heavy atom. The molecule has 2 aromatic rings. The summed E-state index contributed by atoms with van der Waals surface area (Å²) in [6.45, 7) is 2.61. The molecule has 0 unspecified atom stereocenters. The number of amides is 1. The number of nitrogen functional groups attached to an aromatic ring is 1. The lowest BCUT2D eigenvalue weighted by atomic mass is 10.1. The van der Waals surface area contributed by atoms with Crippen LogP contribution in [0.4, 0.5) is 17.1 Å². The first-order valence-corrected chi connectivity index (χ1v) is 7.71. The van der Waals surface area contributed by atoms with Crippen LogP contribution in [-0.4, -0.2) is 19.6 Å². The number of carbonyl (C=O) groups excluding carboxylic acids is 1. The van der Waals surface area contributed by atoms with Crippen molar-refractivity contribution in [3.63, 3.8) is 0 Å². The van der Waals surface area contributed by atoms with Crippen molar-refractivity contribution in [3.8, 4) is 5.75 Å². The number of carbonyl (C=O) groups is 1. The van der Waals surface area contributed by atoms with Gasteiger partial charge in [0, 0.05) is 17.9 Å². The molecule has 0 saturated carbocycles. The SMILES string of the molecule is CCCNC(=O)c1cc(N)ccc1Nc1ccc(OC)c(Cl)c1. The first-order valence-electron chi connectivity index (χ1n) is 7.33. The average molecular weight is 334 g/mol. The molecule has 0 saturated heterocycles. The van der Waals surface area contributed by atoms with Crippen LogP contribution >= 0.6 is 11.6 Å². The standard InChI is InChI=1S/C17H20ClN3O2/c1-3-8-20-17(22)13-9-11(19)4-6-15(13)21-12-5-7-16(23-2)14(18)10-12/h4-7,9-10,21H,3,8,19H2,1-2H3,(H,20,22). The fourth-order valence-electron chi connectivity index (χ4n) is 2.09. The van der Waals surface area contributed by atoms with Gasteiger partial charge < -0.3 is 21.1 Å². The highest BCUT2D eigenvalue weighted by Gasteiger charge is 2.12. The van der Waals surface area contributed by atoms with E-state index in [0.29, 0.717) is 34.3 Å². The molecule has 0 bridgehead atoms. The first-order chi connectivity index (χ1) is 11.0. The molecule has 0 aromatic heterocycles. The molecular weight excluding hydrogens is 314 g/mol. The Morgan fingerprint density at radius 1 is 1.26 bits per heavy atom. The number of hydrogen-bond acceptors (Lipinski definition) is 4. The summed E-state index contributed by atoms with van der Waals surface area (Å²) in [7, 11) is 1.56. The number of halogens is 1. The molecule has 0 spiro atoms. The zero-order chi connectivity index (χ0) is 16.8. The molecule has 0 aliphatic rings. The monoisotopic (exact) mass is 333 g/mol. The van der Waals surface area contributed by atoms with Crippen molar-refractivity contribution >= 4 is 34.6 Å². The van der Waals surface area contributed by atoms with E-state index in [1.165, 1.54) is 0 Å². The van der Waals surface area contributed by atoms with E-state index in [1.54, 1.807) is 37.4 Å². The molecule has 2 rings (SSSR count). The Morgan fingerprint density at radius 3 is 2.70 bits per heavy atom. The maximum atomic E-state index is 12.3. The van der Waals surface area contributed by atoms with E-state index in [0.717, 1.165) is 12.1 Å². The summed E-state index contributed by atoms with van der Waals surface area (Å²) in [4.78, 5) is 12.3. The molecule has 0 heterocycles. The molecule has 0 aliphatic heterocycles. The maximum Gasteiger partial charge on any atom is 0.253 e. The highest BCUT2D eigenvalue weighted by atomic mass is 35.5. The van der Waals surface area contributed by atoms with Crippen LogP contribution < -0.4 is 21.1 Å². The van der Waals surface area contributed by atoms with E-state index < -0.39 is 0 Å². The minimum absolute atomic E-state index is 0.166. The number of hydrogen-bond donors (Lipinski definition) is 3. The van der Waals surface area contributed by atoms with Crippen LogP contribution in [0, 0.1) is 0 Å². The van der Waals surface area contributed by atoms with Gasteiger partial charge in [-0.2, -0.15) is 0 Å². The molecule has 6 heteroatoms. The molecule has 0 fully saturated rings. The fourth-order valence-corrected chi connectivity index (χ4v) is 2.35. The third kappa shape index (κ3) is 4.29. The number of anilines is 3. The summed E-state index contributed by atoms with van der Waals surface area (Å²) >= 11 is 6.13. The predicted octanol–water partition coefficient (Wildman–Crippen LogP) is 3.81. The highest BCUT2D eigenvalue weighted by Crippen LogP contribution is 2.30. The second kappa shape index (κ2) is 7.74. The molecule has 23 heavy (non-hydrogen) atoms. The van der Waals surface area contributed by atoms with Crippen molar-refractivity contribution in [2.75, 3.05) is 24.7 Å². The Balaban J connectivity index is 2.28. The lowest BCUT2D eigenvalue weighted by molar-refractivity contribution is 0.0954. The van der Waals surface area contributed by atoms with E-state index in [-0.39, 0.29) is 5.91 Å². The van der Waals surface area contributed by atoms with Gasteiger partial charge in [0.1, 0.15) is 5.75 Å². The summed E-state index contributed by atoms with van der Waals surface area (Å²) in [6, 6.07) is 10.5. The Kier molecular flexibility index (Phi) is 5.71. The minimum Gasteiger partial charge on any atom is -0.495 e. The van der Waals surface area contributed by atoms with Crippen molar-refractivity contribution in [2.45, 2.75) is 13.3 Å². The lowest BCUT2D eigenvalue weighted by Crippen LogP contribution is -2.24. The molecule has 4 N–H and O–H groups in total. The van der Waals surface area contributed by atoms with Crippen molar-refractivity contribution in [1.82, 2.24) is 5.32 Å². The number of methoxy groups -OCH3 is 1. The molecular formula is C17H20ClN3O2. The Bertz CT molecular complexity index is 704. The largest absolute Gasteiger partial charge is 0.495 e. The average Bonchev–Trinajstić information content (AvgIpc) is 2.54. The van der Waals surface area contributed by atoms with Crippen molar-refractivity contribution in [1.29, 1.82) is 0 Å². The summed E-state index contributed by atoms with van der Waals surface area (Å²) in [5, 5.41) is 6.53. The lowest BCUT2D eigenvalue weighted by Gasteiger charge is -2.14. The number of benzene rings is 2. The molecule has 0 atom stereocenters. The van der Waals surface area contributed by atoms with Crippen LogP contribution in [0.2, 0.25) is 5.02 Å². The van der Waals surface area contributed by atoms with Gasteiger partial charge in [-0.3, -0.25) is 4.79 Å². The fraction of sp³-hybridized carbons (Fsp3) is 0.235. The Hall–Kier alpha value is -2.40. The van der Waals surface area contributed by atoms with E-state index in [1.807, 2.05) is 13.0 Å². The number of ether oxygens (including phenoxy) is 1. The van der Waals surface area contributed by atoms with Crippen LogP contribution in [0.15, 0.2) is 36.4 Å². The topological polar surface area (TPSA) is 76.4 Å².